The summed E-state index contributed by atoms with van der Waals surface area (Å²) in [7, 11) is -2.20. The Bertz CT molecular complexity index is 485. The van der Waals surface area contributed by atoms with Crippen LogP contribution in [0, 0.1) is 11.2 Å². The van der Waals surface area contributed by atoms with Crippen molar-refractivity contribution in [2.45, 2.75) is 46.2 Å². The second kappa shape index (κ2) is 5.39. The molecule has 0 amide bonds. The lowest BCUT2D eigenvalue weighted by Gasteiger charge is -2.37. The highest BCUT2D eigenvalue weighted by Gasteiger charge is 2.47. The first-order valence-electron chi connectivity index (χ1n) is 6.60. The average Bonchev–Trinajstić information content (AvgIpc) is 2.25. The van der Waals surface area contributed by atoms with Gasteiger partial charge in [0.05, 0.1) is 0 Å². The van der Waals surface area contributed by atoms with Crippen molar-refractivity contribution in [3.63, 3.8) is 0 Å². The van der Waals surface area contributed by atoms with Gasteiger partial charge in [0.1, 0.15) is 5.82 Å². The maximum absolute atomic E-state index is 13.0. The lowest BCUT2D eigenvalue weighted by atomic mass is 9.83. The van der Waals surface area contributed by atoms with Crippen LogP contribution in [-0.4, -0.2) is 19.2 Å². The van der Waals surface area contributed by atoms with Crippen molar-refractivity contribution in [2.24, 2.45) is 5.41 Å². The van der Waals surface area contributed by atoms with E-state index in [4.69, 9.17) is 4.43 Å². The van der Waals surface area contributed by atoms with E-state index in [0.717, 1.165) is 0 Å². The zero-order chi connectivity index (χ0) is 15.8. The summed E-state index contributed by atoms with van der Waals surface area (Å²) < 4.78 is 18.8. The maximum Gasteiger partial charge on any atom is 0.245 e. The topological polar surface area (TPSA) is 46.5 Å². The quantitative estimate of drug-likeness (QED) is 0.684. The molecule has 1 aromatic rings. The summed E-state index contributed by atoms with van der Waals surface area (Å²) in [5.74, 6) is -2.89. The van der Waals surface area contributed by atoms with Gasteiger partial charge in [-0.05, 0) is 31.8 Å². The van der Waals surface area contributed by atoms with Crippen LogP contribution >= 0.6 is 0 Å². The Hall–Kier alpha value is -1.04. The lowest BCUT2D eigenvalue weighted by molar-refractivity contribution is -0.187. The number of halogens is 1. The molecule has 1 unspecified atom stereocenters. The summed E-state index contributed by atoms with van der Waals surface area (Å²) in [5.41, 5.74) is -0.510. The highest BCUT2D eigenvalue weighted by atomic mass is 28.4. The lowest BCUT2D eigenvalue weighted by Crippen LogP contribution is -2.50. The number of hydrogen-bond acceptors (Lipinski definition) is 3. The second-order valence-electron chi connectivity index (χ2n) is 6.94. The number of benzene rings is 1. The van der Waals surface area contributed by atoms with Crippen molar-refractivity contribution in [3.8, 4) is 0 Å². The van der Waals surface area contributed by atoms with Crippen LogP contribution in [0.25, 0.3) is 0 Å². The molecule has 0 aliphatic carbocycles. The Morgan fingerprint density at radius 3 is 1.95 bits per heavy atom. The molecule has 0 heterocycles. The Labute approximate surface area is 120 Å². The molecule has 5 heteroatoms. The van der Waals surface area contributed by atoms with E-state index in [2.05, 4.69) is 0 Å². The molecule has 0 saturated heterocycles. The van der Waals surface area contributed by atoms with Gasteiger partial charge in [0.25, 0.3) is 0 Å². The van der Waals surface area contributed by atoms with Crippen LogP contribution in [0.15, 0.2) is 24.3 Å². The molecule has 1 atom stereocenters. The SMILES string of the molecule is CC(C)(C)C(=O)C(O)(O[Si](C)(C)C)c1ccc(F)cc1. The maximum atomic E-state index is 13.0. The molecule has 1 rings (SSSR count). The minimum atomic E-state index is -2.20. The van der Waals surface area contributed by atoms with Crippen LogP contribution in [0.3, 0.4) is 0 Å². The number of hydrogen-bond donors (Lipinski definition) is 1. The van der Waals surface area contributed by atoms with Gasteiger partial charge in [0.2, 0.25) is 11.6 Å². The molecule has 1 aromatic carbocycles. The summed E-state index contributed by atoms with van der Waals surface area (Å²) in [5, 5.41) is 10.9. The first kappa shape index (κ1) is 17.0. The van der Waals surface area contributed by atoms with Crippen molar-refractivity contribution in [1.29, 1.82) is 0 Å². The minimum absolute atomic E-state index is 0.265. The van der Waals surface area contributed by atoms with Gasteiger partial charge in [-0.1, -0.05) is 32.9 Å². The Morgan fingerprint density at radius 1 is 1.15 bits per heavy atom. The zero-order valence-electron chi connectivity index (χ0n) is 13.0. The van der Waals surface area contributed by atoms with E-state index >= 15 is 0 Å². The normalized spacial score (nSPS) is 15.8. The van der Waals surface area contributed by atoms with Gasteiger partial charge in [-0.25, -0.2) is 4.39 Å². The van der Waals surface area contributed by atoms with E-state index in [1.54, 1.807) is 20.8 Å². The molecule has 0 fully saturated rings. The van der Waals surface area contributed by atoms with E-state index in [1.165, 1.54) is 24.3 Å². The first-order valence-corrected chi connectivity index (χ1v) is 10.0. The average molecular weight is 298 g/mol. The molecular formula is C15H23FO3Si. The molecule has 0 aliphatic rings. The highest BCUT2D eigenvalue weighted by molar-refractivity contribution is 6.70. The summed E-state index contributed by atoms with van der Waals surface area (Å²) in [6.07, 6.45) is 0. The van der Waals surface area contributed by atoms with Crippen LogP contribution in [0.5, 0.6) is 0 Å². The first-order chi connectivity index (χ1) is 8.86. The predicted molar refractivity (Wildman–Crippen MR) is 79.2 cm³/mol. The van der Waals surface area contributed by atoms with Crippen LogP contribution in [0.1, 0.15) is 26.3 Å². The molecular weight excluding hydrogens is 275 g/mol. The smallest absolute Gasteiger partial charge is 0.245 e. The summed E-state index contributed by atoms with van der Waals surface area (Å²) >= 11 is 0. The van der Waals surface area contributed by atoms with E-state index in [1.807, 2.05) is 19.6 Å². The van der Waals surface area contributed by atoms with Crippen molar-refractivity contribution < 1.29 is 18.7 Å². The van der Waals surface area contributed by atoms with Crippen molar-refractivity contribution >= 4 is 14.1 Å². The van der Waals surface area contributed by atoms with E-state index in [0.29, 0.717) is 0 Å². The highest BCUT2D eigenvalue weighted by Crippen LogP contribution is 2.34. The largest absolute Gasteiger partial charge is 0.382 e. The van der Waals surface area contributed by atoms with Gasteiger partial charge in [0.15, 0.2) is 8.32 Å². The minimum Gasteiger partial charge on any atom is -0.382 e. The van der Waals surface area contributed by atoms with E-state index in [-0.39, 0.29) is 5.56 Å². The number of aliphatic hydroxyl groups is 1. The van der Waals surface area contributed by atoms with Crippen LogP contribution in [0.2, 0.25) is 19.6 Å². The van der Waals surface area contributed by atoms with Gasteiger partial charge in [-0.15, -0.1) is 0 Å². The second-order valence-corrected chi connectivity index (χ2v) is 11.4. The number of ketones is 1. The third-order valence-electron chi connectivity index (χ3n) is 2.68. The summed E-state index contributed by atoms with van der Waals surface area (Å²) in [4.78, 5) is 12.6. The van der Waals surface area contributed by atoms with Crippen molar-refractivity contribution in [3.05, 3.63) is 35.6 Å². The van der Waals surface area contributed by atoms with E-state index in [9.17, 15) is 14.3 Å². The molecule has 0 bridgehead atoms. The van der Waals surface area contributed by atoms with Gasteiger partial charge in [0, 0.05) is 11.0 Å². The molecule has 1 N–H and O–H groups in total. The van der Waals surface area contributed by atoms with Crippen LogP contribution < -0.4 is 0 Å². The molecule has 0 spiro atoms. The standard InChI is InChI=1S/C15H23FO3Si/c1-14(2,3)13(17)15(18,19-20(4,5)6)11-7-9-12(16)10-8-11/h7-10,18H,1-6H3. The van der Waals surface area contributed by atoms with Crippen molar-refractivity contribution in [2.75, 3.05) is 0 Å². The zero-order valence-corrected chi connectivity index (χ0v) is 14.0. The molecule has 112 valence electrons. The number of carbonyl (C=O) groups is 1. The van der Waals surface area contributed by atoms with E-state index < -0.39 is 31.1 Å². The summed E-state index contributed by atoms with van der Waals surface area (Å²) in [6.45, 7) is 10.8. The monoisotopic (exact) mass is 298 g/mol. The van der Waals surface area contributed by atoms with Gasteiger partial charge in [-0.3, -0.25) is 4.79 Å². The Morgan fingerprint density at radius 2 is 1.60 bits per heavy atom. The van der Waals surface area contributed by atoms with Crippen LogP contribution in [0.4, 0.5) is 4.39 Å². The fraction of sp³-hybridized carbons (Fsp3) is 0.533. The van der Waals surface area contributed by atoms with Crippen molar-refractivity contribution in [1.82, 2.24) is 0 Å². The Kier molecular flexibility index (Phi) is 4.58. The third-order valence-corrected chi connectivity index (χ3v) is 3.59. The molecule has 20 heavy (non-hydrogen) atoms. The van der Waals surface area contributed by atoms with Gasteiger partial charge >= 0.3 is 0 Å². The molecule has 3 nitrogen and oxygen atoms in total. The number of carbonyl (C=O) groups excluding carboxylic acids is 1. The third kappa shape index (κ3) is 3.98. The predicted octanol–water partition coefficient (Wildman–Crippen LogP) is 3.44. The fourth-order valence-corrected chi connectivity index (χ4v) is 2.96. The van der Waals surface area contributed by atoms with Gasteiger partial charge in [-0.2, -0.15) is 0 Å². The Balaban J connectivity index is 3.34. The molecule has 0 saturated carbocycles. The molecule has 0 radical (unpaired) electrons. The molecule has 0 aromatic heterocycles. The molecule has 0 aliphatic heterocycles. The summed E-state index contributed by atoms with van der Waals surface area (Å²) in [6, 6.07) is 5.20. The number of Topliss-reactive ketones (excluding diaryl/α,β-unsaturated/α-hetero) is 1. The number of rotatable bonds is 4. The fourth-order valence-electron chi connectivity index (χ4n) is 1.86. The van der Waals surface area contributed by atoms with Crippen LogP contribution in [-0.2, 0) is 15.0 Å². The van der Waals surface area contributed by atoms with Gasteiger partial charge < -0.3 is 9.53 Å².